The molecule has 0 atom stereocenters. The molecule has 1 N–H and O–H groups in total. The van der Waals surface area contributed by atoms with Crippen molar-refractivity contribution in [2.24, 2.45) is 0 Å². The Morgan fingerprint density at radius 1 is 1.32 bits per heavy atom. The van der Waals surface area contributed by atoms with E-state index in [4.69, 9.17) is 11.6 Å². The average Bonchev–Trinajstić information content (AvgIpc) is 2.70. The molecule has 0 aliphatic heterocycles. The molecule has 1 heterocycles. The first kappa shape index (κ1) is 13.7. The molecule has 0 unspecified atom stereocenters. The van der Waals surface area contributed by atoms with Crippen LogP contribution in [-0.2, 0) is 0 Å². The third-order valence-electron chi connectivity index (χ3n) is 2.46. The SMILES string of the molecule is CC(=O)c1sc(NC(=O)c2ccccc2Cl)nc1C. The van der Waals surface area contributed by atoms with Crippen molar-refractivity contribution in [3.8, 4) is 0 Å². The number of amides is 1. The molecule has 0 spiro atoms. The first-order valence-corrected chi connectivity index (χ1v) is 6.72. The molecule has 98 valence electrons. The number of nitrogens with zero attached hydrogens (tertiary/aromatic N) is 1. The molecular formula is C13H11ClN2O2S. The molecule has 0 aliphatic rings. The predicted octanol–water partition coefficient (Wildman–Crippen LogP) is 3.56. The number of hydrogen-bond donors (Lipinski definition) is 1. The lowest BCUT2D eigenvalue weighted by atomic mass is 10.2. The minimum atomic E-state index is -0.338. The third kappa shape index (κ3) is 3.00. The van der Waals surface area contributed by atoms with Crippen LogP contribution < -0.4 is 5.32 Å². The number of thiazole rings is 1. The number of aromatic nitrogens is 1. The Hall–Kier alpha value is -1.72. The second-order valence-electron chi connectivity index (χ2n) is 3.92. The highest BCUT2D eigenvalue weighted by Gasteiger charge is 2.15. The van der Waals surface area contributed by atoms with Crippen molar-refractivity contribution in [1.82, 2.24) is 4.98 Å². The van der Waals surface area contributed by atoms with Gasteiger partial charge >= 0.3 is 0 Å². The number of hydrogen-bond acceptors (Lipinski definition) is 4. The Bertz CT molecular complexity index is 652. The van der Waals surface area contributed by atoms with Crippen LogP contribution in [-0.4, -0.2) is 16.7 Å². The van der Waals surface area contributed by atoms with Gasteiger partial charge < -0.3 is 0 Å². The summed E-state index contributed by atoms with van der Waals surface area (Å²) in [6.07, 6.45) is 0. The van der Waals surface area contributed by atoms with E-state index in [9.17, 15) is 9.59 Å². The number of halogens is 1. The topological polar surface area (TPSA) is 59.1 Å². The quantitative estimate of drug-likeness (QED) is 0.881. The Morgan fingerprint density at radius 2 is 2.00 bits per heavy atom. The maximum absolute atomic E-state index is 12.0. The van der Waals surface area contributed by atoms with Gasteiger partial charge in [0, 0.05) is 6.92 Å². The van der Waals surface area contributed by atoms with Gasteiger partial charge in [0.05, 0.1) is 21.2 Å². The molecule has 1 aromatic carbocycles. The normalized spacial score (nSPS) is 10.3. The van der Waals surface area contributed by atoms with Crippen molar-refractivity contribution in [3.63, 3.8) is 0 Å². The molecule has 2 rings (SSSR count). The summed E-state index contributed by atoms with van der Waals surface area (Å²) >= 11 is 7.10. The number of carbonyl (C=O) groups is 2. The van der Waals surface area contributed by atoms with Gasteiger partial charge in [0.1, 0.15) is 0 Å². The monoisotopic (exact) mass is 294 g/mol. The van der Waals surface area contributed by atoms with Crippen LogP contribution in [0.3, 0.4) is 0 Å². The van der Waals surface area contributed by atoms with Gasteiger partial charge in [-0.3, -0.25) is 14.9 Å². The van der Waals surface area contributed by atoms with Gasteiger partial charge in [-0.1, -0.05) is 35.1 Å². The lowest BCUT2D eigenvalue weighted by Crippen LogP contribution is -2.12. The van der Waals surface area contributed by atoms with Crippen LogP contribution in [0, 0.1) is 6.92 Å². The summed E-state index contributed by atoms with van der Waals surface area (Å²) in [5.41, 5.74) is 0.994. The summed E-state index contributed by atoms with van der Waals surface area (Å²) in [5.74, 6) is -0.400. The van der Waals surface area contributed by atoms with Gasteiger partial charge in [0.25, 0.3) is 5.91 Å². The maximum Gasteiger partial charge on any atom is 0.258 e. The Morgan fingerprint density at radius 3 is 2.58 bits per heavy atom. The van der Waals surface area contributed by atoms with E-state index in [0.717, 1.165) is 11.3 Å². The molecular weight excluding hydrogens is 284 g/mol. The fourth-order valence-electron chi connectivity index (χ4n) is 1.59. The second kappa shape index (κ2) is 5.50. The highest BCUT2D eigenvalue weighted by Crippen LogP contribution is 2.24. The van der Waals surface area contributed by atoms with Crippen LogP contribution in [0.2, 0.25) is 5.02 Å². The number of benzene rings is 1. The summed E-state index contributed by atoms with van der Waals surface area (Å²) in [7, 11) is 0. The Labute approximate surface area is 119 Å². The van der Waals surface area contributed by atoms with Crippen molar-refractivity contribution in [2.75, 3.05) is 5.32 Å². The van der Waals surface area contributed by atoms with E-state index in [1.807, 2.05) is 0 Å². The zero-order chi connectivity index (χ0) is 14.0. The van der Waals surface area contributed by atoms with Crippen molar-refractivity contribution in [2.45, 2.75) is 13.8 Å². The lowest BCUT2D eigenvalue weighted by molar-refractivity contribution is 0.101. The van der Waals surface area contributed by atoms with Crippen molar-refractivity contribution < 1.29 is 9.59 Å². The Kier molecular flexibility index (Phi) is 3.97. The molecule has 2 aromatic rings. The number of anilines is 1. The number of rotatable bonds is 3. The Balaban J connectivity index is 2.22. The van der Waals surface area contributed by atoms with Crippen LogP contribution in [0.4, 0.5) is 5.13 Å². The second-order valence-corrected chi connectivity index (χ2v) is 5.33. The van der Waals surface area contributed by atoms with Crippen molar-refractivity contribution >= 4 is 39.8 Å². The summed E-state index contributed by atoms with van der Waals surface area (Å²) < 4.78 is 0. The van der Waals surface area contributed by atoms with Crippen LogP contribution in [0.25, 0.3) is 0 Å². The molecule has 0 bridgehead atoms. The van der Waals surface area contributed by atoms with Gasteiger partial charge in [-0.2, -0.15) is 0 Å². The molecule has 0 aliphatic carbocycles. The van der Waals surface area contributed by atoms with Crippen molar-refractivity contribution in [1.29, 1.82) is 0 Å². The van der Waals surface area contributed by atoms with Crippen molar-refractivity contribution in [3.05, 3.63) is 45.4 Å². The van der Waals surface area contributed by atoms with Crippen LogP contribution in [0.1, 0.15) is 32.6 Å². The highest BCUT2D eigenvalue weighted by atomic mass is 35.5. The van der Waals surface area contributed by atoms with E-state index in [2.05, 4.69) is 10.3 Å². The smallest absolute Gasteiger partial charge is 0.258 e. The molecule has 0 fully saturated rings. The van der Waals surface area contributed by atoms with E-state index < -0.39 is 0 Å². The molecule has 0 radical (unpaired) electrons. The van der Waals surface area contributed by atoms with Crippen LogP contribution >= 0.6 is 22.9 Å². The highest BCUT2D eigenvalue weighted by molar-refractivity contribution is 7.17. The van der Waals surface area contributed by atoms with E-state index in [-0.39, 0.29) is 11.7 Å². The zero-order valence-electron chi connectivity index (χ0n) is 10.4. The maximum atomic E-state index is 12.0. The fraction of sp³-hybridized carbons (Fsp3) is 0.154. The molecule has 1 aromatic heterocycles. The van der Waals surface area contributed by atoms with Crippen LogP contribution in [0.5, 0.6) is 0 Å². The van der Waals surface area contributed by atoms with Gasteiger partial charge in [-0.25, -0.2) is 4.98 Å². The van der Waals surface area contributed by atoms with Gasteiger partial charge in [0.15, 0.2) is 10.9 Å². The zero-order valence-corrected chi connectivity index (χ0v) is 11.9. The third-order valence-corrected chi connectivity index (χ3v) is 3.96. The van der Waals surface area contributed by atoms with E-state index >= 15 is 0 Å². The number of nitrogens with one attached hydrogen (secondary N) is 1. The summed E-state index contributed by atoms with van der Waals surface area (Å²) in [4.78, 5) is 28.0. The predicted molar refractivity (Wildman–Crippen MR) is 76.3 cm³/mol. The van der Waals surface area contributed by atoms with E-state index in [1.165, 1.54) is 6.92 Å². The molecule has 0 saturated carbocycles. The summed E-state index contributed by atoms with van der Waals surface area (Å²) in [6, 6.07) is 6.75. The minimum absolute atomic E-state index is 0.0618. The number of Topliss-reactive ketones (excluding diaryl/α,β-unsaturated/α-hetero) is 1. The number of ketones is 1. The number of aryl methyl sites for hydroxylation is 1. The first-order valence-electron chi connectivity index (χ1n) is 5.53. The average molecular weight is 295 g/mol. The lowest BCUT2D eigenvalue weighted by Gasteiger charge is -2.03. The molecule has 4 nitrogen and oxygen atoms in total. The fourth-order valence-corrected chi connectivity index (χ4v) is 2.66. The molecule has 0 saturated heterocycles. The first-order chi connectivity index (χ1) is 8.99. The van der Waals surface area contributed by atoms with E-state index in [0.29, 0.717) is 26.3 Å². The van der Waals surface area contributed by atoms with Gasteiger partial charge in [-0.15, -0.1) is 0 Å². The van der Waals surface area contributed by atoms with Crippen LogP contribution in [0.15, 0.2) is 24.3 Å². The van der Waals surface area contributed by atoms with E-state index in [1.54, 1.807) is 31.2 Å². The minimum Gasteiger partial charge on any atom is -0.298 e. The summed E-state index contributed by atoms with van der Waals surface area (Å²) in [6.45, 7) is 3.21. The van der Waals surface area contributed by atoms with Gasteiger partial charge in [0.2, 0.25) is 0 Å². The van der Waals surface area contributed by atoms with Gasteiger partial charge in [-0.05, 0) is 19.1 Å². The summed E-state index contributed by atoms with van der Waals surface area (Å²) in [5, 5.41) is 3.42. The molecule has 19 heavy (non-hydrogen) atoms. The number of carbonyl (C=O) groups excluding carboxylic acids is 2. The largest absolute Gasteiger partial charge is 0.298 e. The molecule has 1 amide bonds. The standard InChI is InChI=1S/C13H11ClN2O2S/c1-7-11(8(2)17)19-13(15-7)16-12(18)9-5-3-4-6-10(9)14/h3-6H,1-2H3,(H,15,16,18). The molecule has 6 heteroatoms.